The molecule has 0 unspecified atom stereocenters. The number of thiocarbonyl (C=S) groups is 1. The summed E-state index contributed by atoms with van der Waals surface area (Å²) >= 11 is 5.56. The molecule has 2 atom stereocenters. The molecule has 0 saturated heterocycles. The molecule has 2 aromatic carbocycles. The lowest BCUT2D eigenvalue weighted by Crippen LogP contribution is -2.45. The van der Waals surface area contributed by atoms with Crippen LogP contribution in [0.4, 0.5) is 0 Å². The van der Waals surface area contributed by atoms with Crippen LogP contribution in [0.3, 0.4) is 0 Å². The summed E-state index contributed by atoms with van der Waals surface area (Å²) in [7, 11) is 0. The van der Waals surface area contributed by atoms with Crippen LogP contribution >= 0.6 is 12.2 Å². The van der Waals surface area contributed by atoms with Crippen LogP contribution in [-0.2, 0) is 0 Å². The van der Waals surface area contributed by atoms with Gasteiger partial charge in [0.05, 0.1) is 6.04 Å². The molecule has 0 fully saturated rings. The molecule has 138 valence electrons. The molecule has 4 rings (SSSR count). The summed E-state index contributed by atoms with van der Waals surface area (Å²) in [4.78, 5) is 0. The maximum atomic E-state index is 5.56. The molecule has 0 bridgehead atoms. The van der Waals surface area contributed by atoms with Crippen LogP contribution in [-0.4, -0.2) is 5.11 Å². The zero-order chi connectivity index (χ0) is 19.0. The maximum Gasteiger partial charge on any atom is 0.171 e. The smallest absolute Gasteiger partial charge is 0.171 e. The molecule has 3 heteroatoms. The summed E-state index contributed by atoms with van der Waals surface area (Å²) in [6.45, 7) is 6.59. The summed E-state index contributed by atoms with van der Waals surface area (Å²) < 4.78 is 0. The fraction of sp³-hybridized carbons (Fsp3) is 0.292. The zero-order valence-electron chi connectivity index (χ0n) is 16.2. The predicted octanol–water partition coefficient (Wildman–Crippen LogP) is 5.59. The Balaban J connectivity index is 1.78. The van der Waals surface area contributed by atoms with E-state index in [1.807, 2.05) is 0 Å². The van der Waals surface area contributed by atoms with Gasteiger partial charge in [-0.15, -0.1) is 0 Å². The first kappa shape index (κ1) is 18.0. The molecule has 1 aliphatic heterocycles. The lowest BCUT2D eigenvalue weighted by Gasteiger charge is -2.38. The van der Waals surface area contributed by atoms with Crippen molar-refractivity contribution in [3.05, 3.63) is 87.6 Å². The van der Waals surface area contributed by atoms with Crippen LogP contribution < -0.4 is 10.6 Å². The number of hydrogen-bond acceptors (Lipinski definition) is 1. The maximum absolute atomic E-state index is 5.56. The van der Waals surface area contributed by atoms with Crippen LogP contribution in [0.1, 0.15) is 48.1 Å². The monoisotopic (exact) mass is 374 g/mol. The quantitative estimate of drug-likeness (QED) is 0.670. The van der Waals surface area contributed by atoms with E-state index < -0.39 is 0 Å². The highest BCUT2D eigenvalue weighted by atomic mass is 32.1. The number of allylic oxidation sites excluding steroid dienone is 1. The average Bonchev–Trinajstić information content (AvgIpc) is 2.64. The van der Waals surface area contributed by atoms with E-state index in [2.05, 4.69) is 86.0 Å². The van der Waals surface area contributed by atoms with Crippen LogP contribution in [0, 0.1) is 19.8 Å². The standard InChI is InChI=1S/C24H26N2S/c1-15-4-8-18(9-5-15)14-20-12-17(3)13-21-22(25-24(27)26-23(20)21)19-10-6-16(2)7-11-19/h4-11,14,17,22H,12-13H2,1-3H3,(H2,25,26,27)/b20-14+/t17-,22-/m0/s1. The Labute approximate surface area is 167 Å². The Hall–Kier alpha value is -2.39. The SMILES string of the molecule is Cc1ccc(/C=C2\C[C@H](C)CC3=C2NC(=S)N[C@H]3c2ccc(C)cc2)cc1. The first-order valence-electron chi connectivity index (χ1n) is 9.64. The van der Waals surface area contributed by atoms with E-state index in [1.165, 1.54) is 39.1 Å². The van der Waals surface area contributed by atoms with E-state index >= 15 is 0 Å². The van der Waals surface area contributed by atoms with Gasteiger partial charge in [0.1, 0.15) is 0 Å². The minimum Gasteiger partial charge on any atom is -0.352 e. The first-order valence-corrected chi connectivity index (χ1v) is 10.0. The van der Waals surface area contributed by atoms with Crippen molar-refractivity contribution in [2.75, 3.05) is 0 Å². The van der Waals surface area contributed by atoms with E-state index in [0.717, 1.165) is 12.8 Å². The second kappa shape index (κ2) is 7.32. The Kier molecular flexibility index (Phi) is 4.88. The number of rotatable bonds is 2. The van der Waals surface area contributed by atoms with Crippen molar-refractivity contribution in [2.45, 2.75) is 39.7 Å². The first-order chi connectivity index (χ1) is 13.0. The van der Waals surface area contributed by atoms with Crippen molar-refractivity contribution in [3.63, 3.8) is 0 Å². The minimum atomic E-state index is 0.151. The number of hydrogen-bond donors (Lipinski definition) is 2. The molecule has 0 radical (unpaired) electrons. The van der Waals surface area contributed by atoms with Gasteiger partial charge in [0, 0.05) is 5.70 Å². The summed E-state index contributed by atoms with van der Waals surface area (Å²) in [5, 5.41) is 7.67. The Morgan fingerprint density at radius 3 is 2.22 bits per heavy atom. The number of nitrogens with one attached hydrogen (secondary N) is 2. The fourth-order valence-electron chi connectivity index (χ4n) is 4.06. The molecule has 2 aliphatic rings. The summed E-state index contributed by atoms with van der Waals surface area (Å²) in [5.74, 6) is 0.615. The molecule has 1 heterocycles. The minimum absolute atomic E-state index is 0.151. The predicted molar refractivity (Wildman–Crippen MR) is 117 cm³/mol. The van der Waals surface area contributed by atoms with Gasteiger partial charge < -0.3 is 10.6 Å². The molecule has 2 nitrogen and oxygen atoms in total. The highest BCUT2D eigenvalue weighted by molar-refractivity contribution is 7.80. The molecular weight excluding hydrogens is 348 g/mol. The molecule has 27 heavy (non-hydrogen) atoms. The lowest BCUT2D eigenvalue weighted by atomic mass is 9.78. The van der Waals surface area contributed by atoms with Crippen molar-refractivity contribution in [3.8, 4) is 0 Å². The summed E-state index contributed by atoms with van der Waals surface area (Å²) in [6, 6.07) is 17.7. The van der Waals surface area contributed by atoms with Gasteiger partial charge in [-0.05, 0) is 73.2 Å². The topological polar surface area (TPSA) is 24.1 Å². The average molecular weight is 375 g/mol. The molecule has 0 aromatic heterocycles. The van der Waals surface area contributed by atoms with Crippen LogP contribution in [0.25, 0.3) is 6.08 Å². The number of aryl methyl sites for hydroxylation is 2. The van der Waals surface area contributed by atoms with Crippen LogP contribution in [0.15, 0.2) is 65.4 Å². The highest BCUT2D eigenvalue weighted by Crippen LogP contribution is 2.41. The van der Waals surface area contributed by atoms with Gasteiger partial charge >= 0.3 is 0 Å². The third-order valence-electron chi connectivity index (χ3n) is 5.47. The van der Waals surface area contributed by atoms with Gasteiger partial charge in [-0.3, -0.25) is 0 Å². The van der Waals surface area contributed by atoms with Crippen molar-refractivity contribution in [2.24, 2.45) is 5.92 Å². The molecule has 0 saturated carbocycles. The molecule has 2 aromatic rings. The van der Waals surface area contributed by atoms with Gasteiger partial charge in [0.2, 0.25) is 0 Å². The third kappa shape index (κ3) is 3.84. The van der Waals surface area contributed by atoms with Gasteiger partial charge in [0.25, 0.3) is 0 Å². The second-order valence-electron chi connectivity index (χ2n) is 7.94. The largest absolute Gasteiger partial charge is 0.352 e. The van der Waals surface area contributed by atoms with Crippen molar-refractivity contribution in [1.82, 2.24) is 10.6 Å². The van der Waals surface area contributed by atoms with Crippen LogP contribution in [0.2, 0.25) is 0 Å². The van der Waals surface area contributed by atoms with Crippen molar-refractivity contribution < 1.29 is 0 Å². The van der Waals surface area contributed by atoms with Crippen LogP contribution in [0.5, 0.6) is 0 Å². The van der Waals surface area contributed by atoms with E-state index in [-0.39, 0.29) is 6.04 Å². The summed E-state index contributed by atoms with van der Waals surface area (Å²) in [5.41, 5.74) is 9.09. The Bertz CT molecular complexity index is 920. The summed E-state index contributed by atoms with van der Waals surface area (Å²) in [6.07, 6.45) is 4.47. The second-order valence-corrected chi connectivity index (χ2v) is 8.34. The number of benzene rings is 2. The Morgan fingerprint density at radius 2 is 1.56 bits per heavy atom. The normalized spacial score (nSPS) is 23.7. The van der Waals surface area contributed by atoms with E-state index in [0.29, 0.717) is 11.0 Å². The molecule has 0 amide bonds. The Morgan fingerprint density at radius 1 is 0.926 bits per heavy atom. The fourth-order valence-corrected chi connectivity index (χ4v) is 4.28. The lowest BCUT2D eigenvalue weighted by molar-refractivity contribution is 0.500. The third-order valence-corrected chi connectivity index (χ3v) is 5.69. The van der Waals surface area contributed by atoms with Crippen molar-refractivity contribution >= 4 is 23.4 Å². The van der Waals surface area contributed by atoms with Gasteiger partial charge in [-0.2, -0.15) is 0 Å². The molecule has 2 N–H and O–H groups in total. The molecular formula is C24H26N2S. The molecule has 1 aliphatic carbocycles. The van der Waals surface area contributed by atoms with Gasteiger partial charge in [-0.25, -0.2) is 0 Å². The highest BCUT2D eigenvalue weighted by Gasteiger charge is 2.32. The van der Waals surface area contributed by atoms with Crippen molar-refractivity contribution in [1.29, 1.82) is 0 Å². The van der Waals surface area contributed by atoms with Gasteiger partial charge in [-0.1, -0.05) is 66.6 Å². The van der Waals surface area contributed by atoms with E-state index in [1.54, 1.807) is 0 Å². The van der Waals surface area contributed by atoms with E-state index in [9.17, 15) is 0 Å². The van der Waals surface area contributed by atoms with E-state index in [4.69, 9.17) is 12.2 Å². The zero-order valence-corrected chi connectivity index (χ0v) is 17.0. The molecule has 0 spiro atoms. The van der Waals surface area contributed by atoms with Gasteiger partial charge in [0.15, 0.2) is 5.11 Å².